The molecule has 0 radical (unpaired) electrons. The Morgan fingerprint density at radius 3 is 1.80 bits per heavy atom. The number of esters is 1. The largest absolute Gasteiger partial charge is 0.497 e. The van der Waals surface area contributed by atoms with Crippen molar-refractivity contribution in [1.82, 2.24) is 0 Å². The zero-order chi connectivity index (χ0) is 28.6. The standard InChI is InChI=1S/C32H38Cl2N2O4/c1-3-4-5-6-7-8-9-10-11-12-21-39-28-17-13-24(14-18-28)32(37)40-31-29(33)22-26(23-30(31)34)36-35-25-15-19-27(38-2)20-16-25/h13-20,22-23H,3-12,21H2,1-2H3. The van der Waals surface area contributed by atoms with E-state index in [1.807, 2.05) is 0 Å². The van der Waals surface area contributed by atoms with E-state index in [0.717, 1.165) is 17.9 Å². The number of carbonyl (C=O) groups is 1. The molecule has 40 heavy (non-hydrogen) atoms. The van der Waals surface area contributed by atoms with Gasteiger partial charge in [0.25, 0.3) is 0 Å². The summed E-state index contributed by atoms with van der Waals surface area (Å²) < 4.78 is 16.5. The van der Waals surface area contributed by atoms with Gasteiger partial charge in [-0.05, 0) is 67.1 Å². The molecular formula is C32H38Cl2N2O4. The highest BCUT2D eigenvalue weighted by atomic mass is 35.5. The van der Waals surface area contributed by atoms with Gasteiger partial charge in [-0.2, -0.15) is 10.2 Å². The number of azo groups is 1. The van der Waals surface area contributed by atoms with Crippen LogP contribution in [-0.2, 0) is 0 Å². The molecule has 0 unspecified atom stereocenters. The van der Waals surface area contributed by atoms with Crippen molar-refractivity contribution in [3.63, 3.8) is 0 Å². The van der Waals surface area contributed by atoms with E-state index < -0.39 is 5.97 Å². The third kappa shape index (κ3) is 10.8. The minimum absolute atomic E-state index is 0.0676. The van der Waals surface area contributed by atoms with E-state index >= 15 is 0 Å². The monoisotopic (exact) mass is 584 g/mol. The minimum Gasteiger partial charge on any atom is -0.497 e. The van der Waals surface area contributed by atoms with Gasteiger partial charge in [0, 0.05) is 0 Å². The van der Waals surface area contributed by atoms with Gasteiger partial charge in [-0.1, -0.05) is 87.9 Å². The van der Waals surface area contributed by atoms with Gasteiger partial charge in [-0.25, -0.2) is 4.79 Å². The Balaban J connectivity index is 1.42. The van der Waals surface area contributed by atoms with E-state index in [0.29, 0.717) is 23.5 Å². The van der Waals surface area contributed by atoms with Gasteiger partial charge in [0.15, 0.2) is 5.75 Å². The van der Waals surface area contributed by atoms with Crippen molar-refractivity contribution < 1.29 is 19.0 Å². The second kappa shape index (κ2) is 17.6. The number of halogens is 2. The second-order valence-corrected chi connectivity index (χ2v) is 10.4. The van der Waals surface area contributed by atoms with Crippen LogP contribution in [0.2, 0.25) is 10.0 Å². The summed E-state index contributed by atoms with van der Waals surface area (Å²) in [6.45, 7) is 2.91. The Kier molecular flexibility index (Phi) is 13.8. The molecule has 0 N–H and O–H groups in total. The molecule has 3 rings (SSSR count). The molecular weight excluding hydrogens is 547 g/mol. The molecule has 0 fully saturated rings. The van der Waals surface area contributed by atoms with Crippen LogP contribution in [0.3, 0.4) is 0 Å². The Bertz CT molecular complexity index is 1190. The number of rotatable bonds is 17. The van der Waals surface area contributed by atoms with Gasteiger partial charge in [0.05, 0.1) is 40.7 Å². The molecule has 6 nitrogen and oxygen atoms in total. The fourth-order valence-corrected chi connectivity index (χ4v) is 4.64. The van der Waals surface area contributed by atoms with Gasteiger partial charge >= 0.3 is 5.97 Å². The molecule has 0 saturated carbocycles. The molecule has 0 aliphatic rings. The van der Waals surface area contributed by atoms with Crippen LogP contribution in [0.1, 0.15) is 81.5 Å². The van der Waals surface area contributed by atoms with Gasteiger partial charge in [-0.15, -0.1) is 0 Å². The summed E-state index contributed by atoms with van der Waals surface area (Å²) in [7, 11) is 1.60. The maximum Gasteiger partial charge on any atom is 0.343 e. The molecule has 3 aromatic rings. The van der Waals surface area contributed by atoms with E-state index in [4.69, 9.17) is 37.4 Å². The summed E-state index contributed by atoms with van der Waals surface area (Å²) in [6.07, 6.45) is 12.8. The lowest BCUT2D eigenvalue weighted by molar-refractivity contribution is 0.0735. The smallest absolute Gasteiger partial charge is 0.343 e. The predicted octanol–water partition coefficient (Wildman–Crippen LogP) is 10.9. The maximum absolute atomic E-state index is 12.7. The van der Waals surface area contributed by atoms with E-state index in [-0.39, 0.29) is 15.8 Å². The summed E-state index contributed by atoms with van der Waals surface area (Å²) in [5.74, 6) is 0.938. The molecule has 0 atom stereocenters. The summed E-state index contributed by atoms with van der Waals surface area (Å²) in [5, 5.41) is 8.64. The van der Waals surface area contributed by atoms with Crippen molar-refractivity contribution in [2.45, 2.75) is 71.1 Å². The molecule has 0 aliphatic heterocycles. The summed E-state index contributed by atoms with van der Waals surface area (Å²) in [4.78, 5) is 12.7. The molecule has 214 valence electrons. The van der Waals surface area contributed by atoms with Crippen molar-refractivity contribution in [3.8, 4) is 17.2 Å². The first kappa shape index (κ1) is 31.4. The zero-order valence-electron chi connectivity index (χ0n) is 23.3. The van der Waals surface area contributed by atoms with Crippen LogP contribution < -0.4 is 14.2 Å². The van der Waals surface area contributed by atoms with Crippen LogP contribution in [0.5, 0.6) is 17.2 Å². The first-order valence-corrected chi connectivity index (χ1v) is 14.8. The van der Waals surface area contributed by atoms with Crippen molar-refractivity contribution in [3.05, 3.63) is 76.3 Å². The molecule has 0 bridgehead atoms. The third-order valence-electron chi connectivity index (χ3n) is 6.39. The van der Waals surface area contributed by atoms with Crippen molar-refractivity contribution in [1.29, 1.82) is 0 Å². The number of nitrogens with zero attached hydrogens (tertiary/aromatic N) is 2. The van der Waals surface area contributed by atoms with Crippen LogP contribution in [0.15, 0.2) is 70.9 Å². The van der Waals surface area contributed by atoms with Crippen LogP contribution in [0.4, 0.5) is 11.4 Å². The average Bonchev–Trinajstić information content (AvgIpc) is 2.97. The third-order valence-corrected chi connectivity index (χ3v) is 6.95. The van der Waals surface area contributed by atoms with Crippen LogP contribution in [0, 0.1) is 0 Å². The highest BCUT2D eigenvalue weighted by Crippen LogP contribution is 2.38. The molecule has 3 aromatic carbocycles. The predicted molar refractivity (Wildman–Crippen MR) is 162 cm³/mol. The highest BCUT2D eigenvalue weighted by Gasteiger charge is 2.16. The Morgan fingerprint density at radius 1 is 0.700 bits per heavy atom. The number of methoxy groups -OCH3 is 1. The van der Waals surface area contributed by atoms with Crippen LogP contribution in [-0.4, -0.2) is 19.7 Å². The molecule has 8 heteroatoms. The van der Waals surface area contributed by atoms with Crippen molar-refractivity contribution in [2.24, 2.45) is 10.2 Å². The van der Waals surface area contributed by atoms with E-state index in [1.54, 1.807) is 55.6 Å². The van der Waals surface area contributed by atoms with Gasteiger partial charge in [0.2, 0.25) is 0 Å². The maximum atomic E-state index is 12.7. The van der Waals surface area contributed by atoms with Crippen molar-refractivity contribution in [2.75, 3.05) is 13.7 Å². The second-order valence-electron chi connectivity index (χ2n) is 9.58. The minimum atomic E-state index is -0.572. The SMILES string of the molecule is CCCCCCCCCCCCOc1ccc(C(=O)Oc2c(Cl)cc(N=Nc3ccc(OC)cc3)cc2Cl)cc1. The van der Waals surface area contributed by atoms with E-state index in [9.17, 15) is 4.79 Å². The molecule has 0 aliphatic carbocycles. The molecule has 0 spiro atoms. The lowest BCUT2D eigenvalue weighted by atomic mass is 10.1. The summed E-state index contributed by atoms with van der Waals surface area (Å²) in [6, 6.07) is 17.0. The first-order valence-electron chi connectivity index (χ1n) is 14.0. The quantitative estimate of drug-likeness (QED) is 0.0684. The molecule has 0 heterocycles. The number of carbonyl (C=O) groups excluding carboxylic acids is 1. The Labute approximate surface area is 247 Å². The fraction of sp³-hybridized carbons (Fsp3) is 0.406. The van der Waals surface area contributed by atoms with E-state index in [2.05, 4.69) is 17.2 Å². The number of hydrogen-bond acceptors (Lipinski definition) is 6. The van der Waals surface area contributed by atoms with Crippen LogP contribution in [0.25, 0.3) is 0 Å². The number of hydrogen-bond donors (Lipinski definition) is 0. The van der Waals surface area contributed by atoms with Gasteiger partial charge in [-0.3, -0.25) is 0 Å². The Morgan fingerprint density at radius 2 is 1.23 bits per heavy atom. The van der Waals surface area contributed by atoms with Gasteiger partial charge < -0.3 is 14.2 Å². The molecule has 0 amide bonds. The van der Waals surface area contributed by atoms with Crippen molar-refractivity contribution >= 4 is 40.5 Å². The topological polar surface area (TPSA) is 69.5 Å². The highest BCUT2D eigenvalue weighted by molar-refractivity contribution is 6.37. The summed E-state index contributed by atoms with van der Waals surface area (Å²) >= 11 is 12.7. The number of ether oxygens (including phenoxy) is 3. The van der Waals surface area contributed by atoms with Gasteiger partial charge in [0.1, 0.15) is 11.5 Å². The molecule has 0 saturated heterocycles. The molecule has 0 aromatic heterocycles. The van der Waals surface area contributed by atoms with E-state index in [1.165, 1.54) is 69.9 Å². The fourth-order valence-electron chi connectivity index (χ4n) is 4.08. The Hall–Kier alpha value is -3.09. The average molecular weight is 586 g/mol. The first-order chi connectivity index (χ1) is 19.5. The normalized spacial score (nSPS) is 11.1. The lowest BCUT2D eigenvalue weighted by Gasteiger charge is -2.10. The van der Waals surface area contributed by atoms with Crippen LogP contribution >= 0.6 is 23.2 Å². The number of benzene rings is 3. The summed E-state index contributed by atoms with van der Waals surface area (Å²) in [5.41, 5.74) is 1.43. The lowest BCUT2D eigenvalue weighted by Crippen LogP contribution is -2.09. The zero-order valence-corrected chi connectivity index (χ0v) is 24.8. The number of unbranched alkanes of at least 4 members (excludes halogenated alkanes) is 9.